The molecule has 0 saturated carbocycles. The number of hydrogen-bond acceptors (Lipinski definition) is 0. The van der Waals surface area contributed by atoms with E-state index in [1.165, 1.54) is 57.0 Å². The lowest BCUT2D eigenvalue weighted by atomic mass is 10.1. The molecule has 0 aromatic rings. The maximum atomic E-state index is 6.34. The molecule has 0 fully saturated rings. The minimum atomic E-state index is -0.840. The summed E-state index contributed by atoms with van der Waals surface area (Å²) in [6, 6.07) is 0. The molecule has 94 valence electrons. The summed E-state index contributed by atoms with van der Waals surface area (Å²) in [6.45, 7) is 9.18. The van der Waals surface area contributed by atoms with E-state index in [4.69, 9.17) is 7.85 Å². The smallest absolute Gasteiger partial charge is 0.0652 e. The van der Waals surface area contributed by atoms with E-state index < -0.39 is 7.26 Å². The van der Waals surface area contributed by atoms with Gasteiger partial charge in [-0.05, 0) is 26.2 Å². The van der Waals surface area contributed by atoms with Gasteiger partial charge in [-0.25, -0.2) is 0 Å². The van der Waals surface area contributed by atoms with Gasteiger partial charge in [-0.15, -0.1) is 0 Å². The summed E-state index contributed by atoms with van der Waals surface area (Å²) in [5.74, 6) is 0. The topological polar surface area (TPSA) is 0 Å². The van der Waals surface area contributed by atoms with Gasteiger partial charge in [0, 0.05) is 12.8 Å². The van der Waals surface area contributed by atoms with Crippen molar-refractivity contribution in [3.8, 4) is 0 Å². The van der Waals surface area contributed by atoms with E-state index in [2.05, 4.69) is 27.7 Å². The molecule has 0 aromatic heterocycles. The number of unbranched alkanes of at least 4 members (excludes halogenated alkanes) is 3. The van der Waals surface area contributed by atoms with Crippen molar-refractivity contribution >= 4 is 15.1 Å². The molecule has 0 spiro atoms. The van der Waals surface area contributed by atoms with Gasteiger partial charge in [0.2, 0.25) is 0 Å². The molecular formula is C14H31BP+. The molecule has 0 heterocycles. The second-order valence-electron chi connectivity index (χ2n) is 5.19. The van der Waals surface area contributed by atoms with Crippen LogP contribution in [0.3, 0.4) is 0 Å². The van der Waals surface area contributed by atoms with E-state index >= 15 is 0 Å². The summed E-state index contributed by atoms with van der Waals surface area (Å²) in [5.41, 5.74) is 0.470. The molecule has 1 unspecified atom stereocenters. The fourth-order valence-electron chi connectivity index (χ4n) is 2.37. The van der Waals surface area contributed by atoms with Gasteiger partial charge in [-0.3, -0.25) is 0 Å². The Balaban J connectivity index is 4.46. The van der Waals surface area contributed by atoms with E-state index in [1.807, 2.05) is 0 Å². The van der Waals surface area contributed by atoms with Gasteiger partial charge in [0.15, 0.2) is 0 Å². The molecule has 0 saturated heterocycles. The molecule has 0 rings (SSSR count). The third-order valence-electron chi connectivity index (χ3n) is 3.73. The molecule has 0 aromatic carbocycles. The van der Waals surface area contributed by atoms with Gasteiger partial charge >= 0.3 is 0 Å². The first-order valence-electron chi connectivity index (χ1n) is 7.24. The van der Waals surface area contributed by atoms with Crippen molar-refractivity contribution < 1.29 is 0 Å². The van der Waals surface area contributed by atoms with E-state index in [0.717, 1.165) is 0 Å². The summed E-state index contributed by atoms with van der Waals surface area (Å²) in [6.07, 6.45) is 12.5. The van der Waals surface area contributed by atoms with Crippen LogP contribution < -0.4 is 0 Å². The highest BCUT2D eigenvalue weighted by Gasteiger charge is 2.37. The number of hydrogen-bond donors (Lipinski definition) is 0. The Morgan fingerprint density at radius 2 is 1.12 bits per heavy atom. The van der Waals surface area contributed by atoms with E-state index in [1.54, 1.807) is 0 Å². The van der Waals surface area contributed by atoms with Crippen LogP contribution in [0.2, 0.25) is 0 Å². The van der Waals surface area contributed by atoms with Gasteiger partial charge in [0.05, 0.1) is 18.5 Å². The van der Waals surface area contributed by atoms with Crippen molar-refractivity contribution in [3.63, 3.8) is 0 Å². The quantitative estimate of drug-likeness (QED) is 0.376. The average Bonchev–Trinajstić information content (AvgIpc) is 2.28. The van der Waals surface area contributed by atoms with E-state index in [0.29, 0.717) is 5.56 Å². The lowest BCUT2D eigenvalue weighted by molar-refractivity contribution is 0.830. The molecule has 0 N–H and O–H groups in total. The van der Waals surface area contributed by atoms with Crippen LogP contribution in [0.15, 0.2) is 0 Å². The SMILES string of the molecule is [B]C(C)[P+](CCCC)(CCCC)CCCC. The Morgan fingerprint density at radius 1 is 0.812 bits per heavy atom. The van der Waals surface area contributed by atoms with Crippen molar-refractivity contribution in [1.82, 2.24) is 0 Å². The van der Waals surface area contributed by atoms with Crippen LogP contribution in [0, 0.1) is 0 Å². The van der Waals surface area contributed by atoms with Crippen LogP contribution in [0.1, 0.15) is 66.2 Å². The van der Waals surface area contributed by atoms with Crippen LogP contribution in [-0.4, -0.2) is 31.9 Å². The van der Waals surface area contributed by atoms with Gasteiger partial charge in [-0.1, -0.05) is 40.0 Å². The molecule has 16 heavy (non-hydrogen) atoms. The lowest BCUT2D eigenvalue weighted by Gasteiger charge is -2.32. The lowest BCUT2D eigenvalue weighted by Crippen LogP contribution is -2.20. The predicted octanol–water partition coefficient (Wildman–Crippen LogP) is 4.92. The standard InChI is InChI=1S/C14H31BP/c1-5-8-11-16(14(4)15,12-9-6-2)13-10-7-3/h14H,5-13H2,1-4H3/q+1. The zero-order valence-electron chi connectivity index (χ0n) is 12.0. The van der Waals surface area contributed by atoms with Crippen molar-refractivity contribution in [2.24, 2.45) is 0 Å². The average molecular weight is 241 g/mol. The molecule has 0 bridgehead atoms. The molecule has 0 aliphatic rings. The minimum Gasteiger partial charge on any atom is -0.0652 e. The summed E-state index contributed by atoms with van der Waals surface area (Å²) >= 11 is 0. The Bertz CT molecular complexity index is 135. The van der Waals surface area contributed by atoms with Crippen molar-refractivity contribution in [1.29, 1.82) is 0 Å². The summed E-state index contributed by atoms with van der Waals surface area (Å²) < 4.78 is 0. The predicted molar refractivity (Wildman–Crippen MR) is 81.5 cm³/mol. The summed E-state index contributed by atoms with van der Waals surface area (Å²) in [5, 5.41) is 0. The van der Waals surface area contributed by atoms with Crippen molar-refractivity contribution in [2.45, 2.75) is 71.8 Å². The Morgan fingerprint density at radius 3 is 1.31 bits per heavy atom. The maximum absolute atomic E-state index is 6.34. The molecule has 0 amide bonds. The molecule has 2 radical (unpaired) electrons. The van der Waals surface area contributed by atoms with Crippen LogP contribution in [0.5, 0.6) is 0 Å². The van der Waals surface area contributed by atoms with Gasteiger partial charge in [0.25, 0.3) is 0 Å². The monoisotopic (exact) mass is 241 g/mol. The molecule has 0 nitrogen and oxygen atoms in total. The highest BCUT2D eigenvalue weighted by molar-refractivity contribution is 7.77. The van der Waals surface area contributed by atoms with Gasteiger partial charge in [-0.2, -0.15) is 0 Å². The summed E-state index contributed by atoms with van der Waals surface area (Å²) in [4.78, 5) is 0. The van der Waals surface area contributed by atoms with Gasteiger partial charge in [0.1, 0.15) is 7.85 Å². The Hall–Kier alpha value is 0.495. The largest absolute Gasteiger partial charge is 0.126 e. The van der Waals surface area contributed by atoms with Gasteiger partial charge < -0.3 is 0 Å². The van der Waals surface area contributed by atoms with E-state index in [-0.39, 0.29) is 0 Å². The fourth-order valence-corrected chi connectivity index (χ4v) is 7.10. The first-order chi connectivity index (χ1) is 7.63. The van der Waals surface area contributed by atoms with E-state index in [9.17, 15) is 0 Å². The molecule has 0 aliphatic carbocycles. The fraction of sp³-hybridized carbons (Fsp3) is 1.00. The first-order valence-corrected chi connectivity index (χ1v) is 9.65. The zero-order valence-corrected chi connectivity index (χ0v) is 12.9. The van der Waals surface area contributed by atoms with Crippen LogP contribution in [-0.2, 0) is 0 Å². The number of rotatable bonds is 10. The van der Waals surface area contributed by atoms with Crippen molar-refractivity contribution in [2.75, 3.05) is 18.5 Å². The zero-order chi connectivity index (χ0) is 12.4. The summed E-state index contributed by atoms with van der Waals surface area (Å²) in [7, 11) is 5.50. The second-order valence-corrected chi connectivity index (χ2v) is 9.78. The Kier molecular flexibility index (Phi) is 9.81. The van der Waals surface area contributed by atoms with Crippen molar-refractivity contribution in [3.05, 3.63) is 0 Å². The molecule has 0 aliphatic heterocycles. The Labute approximate surface area is 106 Å². The molecular weight excluding hydrogens is 210 g/mol. The first kappa shape index (κ1) is 16.5. The third kappa shape index (κ3) is 5.71. The normalized spacial score (nSPS) is 14.0. The maximum Gasteiger partial charge on any atom is 0.126 e. The molecule has 1 atom stereocenters. The molecule has 2 heteroatoms. The van der Waals surface area contributed by atoms with Crippen LogP contribution in [0.4, 0.5) is 0 Å². The van der Waals surface area contributed by atoms with Crippen LogP contribution in [0.25, 0.3) is 0 Å². The highest BCUT2D eigenvalue weighted by Crippen LogP contribution is 2.63. The minimum absolute atomic E-state index is 0.470. The third-order valence-corrected chi connectivity index (χ3v) is 9.08. The second kappa shape index (κ2) is 9.52. The van der Waals surface area contributed by atoms with Crippen LogP contribution >= 0.6 is 7.26 Å². The highest BCUT2D eigenvalue weighted by atomic mass is 31.2.